The quantitative estimate of drug-likeness (QED) is 0.432. The second-order valence-corrected chi connectivity index (χ2v) is 9.12. The largest absolute Gasteiger partial charge is 0.455 e. The molecule has 0 aliphatic rings. The second-order valence-electron chi connectivity index (χ2n) is 6.73. The average molecular weight is 429 g/mol. The van der Waals surface area contributed by atoms with Crippen LogP contribution in [-0.2, 0) is 15.6 Å². The van der Waals surface area contributed by atoms with Gasteiger partial charge in [-0.2, -0.15) is 4.98 Å². The van der Waals surface area contributed by atoms with Gasteiger partial charge in [-0.15, -0.1) is 0 Å². The Labute approximate surface area is 173 Å². The van der Waals surface area contributed by atoms with Gasteiger partial charge in [-0.25, -0.2) is 8.42 Å². The predicted molar refractivity (Wildman–Crippen MR) is 109 cm³/mol. The molecule has 0 unspecified atom stereocenters. The molecule has 29 heavy (non-hydrogen) atoms. The molecule has 6 nitrogen and oxygen atoms in total. The zero-order chi connectivity index (χ0) is 20.6. The van der Waals surface area contributed by atoms with Gasteiger partial charge >= 0.3 is 0 Å². The van der Waals surface area contributed by atoms with Crippen LogP contribution in [0.1, 0.15) is 16.9 Å². The molecule has 0 aliphatic heterocycles. The van der Waals surface area contributed by atoms with Crippen molar-refractivity contribution in [2.24, 2.45) is 0 Å². The summed E-state index contributed by atoms with van der Waals surface area (Å²) in [6.07, 6.45) is 0. The van der Waals surface area contributed by atoms with E-state index in [1.54, 1.807) is 18.2 Å². The number of hydrogen-bond donors (Lipinski definition) is 0. The number of hydrogen-bond acceptors (Lipinski definition) is 6. The maximum Gasteiger partial charge on any atom is 0.293 e. The Bertz CT molecular complexity index is 1270. The lowest BCUT2D eigenvalue weighted by Gasteiger charge is -2.04. The average Bonchev–Trinajstić information content (AvgIpc) is 3.33. The number of nitrogens with zero attached hydrogens (tertiary/aromatic N) is 2. The van der Waals surface area contributed by atoms with Gasteiger partial charge in [-0.3, -0.25) is 0 Å². The fraction of sp³-hybridized carbons (Fsp3) is 0.143. The maximum atomic E-state index is 12.7. The number of rotatable bonds is 5. The van der Waals surface area contributed by atoms with E-state index in [1.165, 1.54) is 12.1 Å². The number of aryl methyl sites for hydroxylation is 2. The Morgan fingerprint density at radius 3 is 2.48 bits per heavy atom. The standard InChI is InChI=1S/C21H17ClN2O4S/c1-13-3-6-15(7-4-13)20-23-21(28-24-20)19-10-8-16(27-19)12-29(25,26)17-9-5-14(2)18(22)11-17/h3-11H,12H2,1-2H3. The Balaban J connectivity index is 1.55. The van der Waals surface area contributed by atoms with Crippen molar-refractivity contribution in [2.75, 3.05) is 0 Å². The minimum Gasteiger partial charge on any atom is -0.455 e. The fourth-order valence-electron chi connectivity index (χ4n) is 2.75. The van der Waals surface area contributed by atoms with E-state index in [0.717, 1.165) is 16.7 Å². The molecule has 0 saturated heterocycles. The van der Waals surface area contributed by atoms with Crippen molar-refractivity contribution in [3.05, 3.63) is 76.5 Å². The Hall–Kier alpha value is -2.90. The summed E-state index contributed by atoms with van der Waals surface area (Å²) < 4.78 is 36.2. The number of furan rings is 1. The molecular weight excluding hydrogens is 412 g/mol. The second kappa shape index (κ2) is 7.50. The van der Waals surface area contributed by atoms with Crippen LogP contribution in [0.3, 0.4) is 0 Å². The van der Waals surface area contributed by atoms with Crippen LogP contribution in [0.4, 0.5) is 0 Å². The Kier molecular flexibility index (Phi) is 5.02. The Morgan fingerprint density at radius 1 is 1.00 bits per heavy atom. The number of aromatic nitrogens is 2. The summed E-state index contributed by atoms with van der Waals surface area (Å²) in [5.41, 5.74) is 2.76. The van der Waals surface area contributed by atoms with Gasteiger partial charge in [-0.1, -0.05) is 52.7 Å². The van der Waals surface area contributed by atoms with Crippen LogP contribution in [0.5, 0.6) is 0 Å². The molecule has 4 rings (SSSR count). The van der Waals surface area contributed by atoms with Crippen LogP contribution < -0.4 is 0 Å². The normalized spacial score (nSPS) is 11.7. The van der Waals surface area contributed by atoms with Crippen molar-refractivity contribution in [2.45, 2.75) is 24.5 Å². The van der Waals surface area contributed by atoms with E-state index >= 15 is 0 Å². The molecule has 0 spiro atoms. The lowest BCUT2D eigenvalue weighted by Crippen LogP contribution is -2.04. The van der Waals surface area contributed by atoms with Gasteiger partial charge in [0.2, 0.25) is 5.82 Å². The monoisotopic (exact) mass is 428 g/mol. The topological polar surface area (TPSA) is 86.2 Å². The summed E-state index contributed by atoms with van der Waals surface area (Å²) in [7, 11) is -3.61. The molecule has 2 aromatic carbocycles. The van der Waals surface area contributed by atoms with Gasteiger partial charge < -0.3 is 8.94 Å². The van der Waals surface area contributed by atoms with Gasteiger partial charge in [0, 0.05) is 10.6 Å². The number of halogens is 1. The highest BCUT2D eigenvalue weighted by Gasteiger charge is 2.20. The lowest BCUT2D eigenvalue weighted by molar-refractivity contribution is 0.413. The predicted octanol–water partition coefficient (Wildman–Crippen LogP) is 5.24. The molecule has 8 heteroatoms. The highest BCUT2D eigenvalue weighted by Crippen LogP contribution is 2.27. The molecule has 0 saturated carbocycles. The highest BCUT2D eigenvalue weighted by atomic mass is 35.5. The molecule has 2 heterocycles. The molecule has 0 fully saturated rings. The van der Waals surface area contributed by atoms with E-state index in [9.17, 15) is 8.42 Å². The van der Waals surface area contributed by atoms with Crippen molar-refractivity contribution >= 4 is 21.4 Å². The molecular formula is C21H17ClN2O4S. The fourth-order valence-corrected chi connectivity index (χ4v) is 4.27. The van der Waals surface area contributed by atoms with E-state index in [2.05, 4.69) is 10.1 Å². The van der Waals surface area contributed by atoms with Gasteiger partial charge in [0.25, 0.3) is 5.89 Å². The smallest absolute Gasteiger partial charge is 0.293 e. The maximum absolute atomic E-state index is 12.7. The molecule has 0 N–H and O–H groups in total. The van der Waals surface area contributed by atoms with Crippen LogP contribution in [0.25, 0.3) is 23.0 Å². The third-order valence-electron chi connectivity index (χ3n) is 4.44. The zero-order valence-electron chi connectivity index (χ0n) is 15.7. The molecule has 2 aromatic heterocycles. The van der Waals surface area contributed by atoms with Crippen molar-refractivity contribution < 1.29 is 17.4 Å². The molecule has 148 valence electrons. The van der Waals surface area contributed by atoms with Crippen LogP contribution in [0, 0.1) is 13.8 Å². The zero-order valence-corrected chi connectivity index (χ0v) is 17.3. The molecule has 0 atom stereocenters. The molecule has 0 radical (unpaired) electrons. The van der Waals surface area contributed by atoms with E-state index < -0.39 is 9.84 Å². The van der Waals surface area contributed by atoms with Crippen molar-refractivity contribution in [1.82, 2.24) is 10.1 Å². The van der Waals surface area contributed by atoms with Crippen LogP contribution in [0.15, 0.2) is 68.4 Å². The SMILES string of the molecule is Cc1ccc(-c2noc(-c3ccc(CS(=O)(=O)c4ccc(C)c(Cl)c4)o3)n2)cc1. The summed E-state index contributed by atoms with van der Waals surface area (Å²) in [4.78, 5) is 4.48. The summed E-state index contributed by atoms with van der Waals surface area (Å²) in [5.74, 6) is 0.892. The number of sulfone groups is 1. The molecule has 4 aromatic rings. The van der Waals surface area contributed by atoms with Gasteiger partial charge in [-0.05, 0) is 43.7 Å². The molecule has 0 aliphatic carbocycles. The Morgan fingerprint density at radius 2 is 1.76 bits per heavy atom. The van der Waals surface area contributed by atoms with Crippen molar-refractivity contribution in [1.29, 1.82) is 0 Å². The lowest BCUT2D eigenvalue weighted by atomic mass is 10.1. The van der Waals surface area contributed by atoms with E-state index in [-0.39, 0.29) is 22.3 Å². The van der Waals surface area contributed by atoms with Crippen LogP contribution in [0.2, 0.25) is 5.02 Å². The van der Waals surface area contributed by atoms with E-state index in [4.69, 9.17) is 20.5 Å². The summed E-state index contributed by atoms with van der Waals surface area (Å²) in [5, 5.41) is 4.37. The summed E-state index contributed by atoms with van der Waals surface area (Å²) in [6, 6.07) is 15.6. The first-order valence-electron chi connectivity index (χ1n) is 8.80. The van der Waals surface area contributed by atoms with Crippen molar-refractivity contribution in [3.63, 3.8) is 0 Å². The minimum atomic E-state index is -3.61. The third kappa shape index (κ3) is 4.11. The minimum absolute atomic E-state index is 0.144. The highest BCUT2D eigenvalue weighted by molar-refractivity contribution is 7.90. The first kappa shape index (κ1) is 19.4. The molecule has 0 bridgehead atoms. The van der Waals surface area contributed by atoms with Crippen LogP contribution in [-0.4, -0.2) is 18.6 Å². The summed E-state index contributed by atoms with van der Waals surface area (Å²) >= 11 is 6.05. The van der Waals surface area contributed by atoms with Crippen molar-refractivity contribution in [3.8, 4) is 23.0 Å². The van der Waals surface area contributed by atoms with Gasteiger partial charge in [0.05, 0.1) is 4.90 Å². The first-order valence-corrected chi connectivity index (χ1v) is 10.8. The van der Waals surface area contributed by atoms with E-state index in [1.807, 2.05) is 38.1 Å². The summed E-state index contributed by atoms with van der Waals surface area (Å²) in [6.45, 7) is 3.81. The third-order valence-corrected chi connectivity index (χ3v) is 6.49. The van der Waals surface area contributed by atoms with E-state index in [0.29, 0.717) is 16.6 Å². The van der Waals surface area contributed by atoms with Gasteiger partial charge in [0.15, 0.2) is 15.6 Å². The van der Waals surface area contributed by atoms with Crippen LogP contribution >= 0.6 is 11.6 Å². The molecule has 0 amide bonds. The first-order chi connectivity index (χ1) is 13.8. The van der Waals surface area contributed by atoms with Gasteiger partial charge in [0.1, 0.15) is 11.5 Å². The number of benzene rings is 2.